The second-order valence-corrected chi connectivity index (χ2v) is 10.6. The third-order valence-corrected chi connectivity index (χ3v) is 8.73. The highest BCUT2D eigenvalue weighted by atomic mass is 32.2. The molecule has 4 fully saturated rings. The number of para-hydroxylation sites is 1. The summed E-state index contributed by atoms with van der Waals surface area (Å²) < 4.78 is 0. The molecule has 4 nitrogen and oxygen atoms in total. The number of carbonyl (C=O) groups is 2. The number of rotatable bonds is 4. The van der Waals surface area contributed by atoms with Crippen molar-refractivity contribution >= 4 is 29.3 Å². The van der Waals surface area contributed by atoms with E-state index in [1.807, 2.05) is 24.3 Å². The van der Waals surface area contributed by atoms with Crippen LogP contribution in [0.1, 0.15) is 51.9 Å². The van der Waals surface area contributed by atoms with Gasteiger partial charge in [0.2, 0.25) is 11.8 Å². The van der Waals surface area contributed by atoms with Crippen LogP contribution >= 0.6 is 11.8 Å². The topological polar surface area (TPSA) is 58.2 Å². The predicted molar refractivity (Wildman–Crippen MR) is 108 cm³/mol. The number of thioether (sulfide) groups is 1. The SMILES string of the molecule is CC(NC(=O)CC1Sc2ccccc2NC1=O)C12CC3CC(CC(C3)C1)C2. The van der Waals surface area contributed by atoms with E-state index in [0.717, 1.165) is 28.3 Å². The molecule has 1 aromatic carbocycles. The summed E-state index contributed by atoms with van der Waals surface area (Å²) in [5, 5.41) is 5.89. The van der Waals surface area contributed by atoms with Crippen LogP contribution in [0.3, 0.4) is 0 Å². The van der Waals surface area contributed by atoms with Crippen molar-refractivity contribution in [1.29, 1.82) is 0 Å². The molecule has 1 aromatic rings. The van der Waals surface area contributed by atoms with E-state index in [0.29, 0.717) is 5.41 Å². The summed E-state index contributed by atoms with van der Waals surface area (Å²) >= 11 is 1.51. The van der Waals surface area contributed by atoms with Crippen molar-refractivity contribution in [3.05, 3.63) is 24.3 Å². The van der Waals surface area contributed by atoms with Gasteiger partial charge in [-0.2, -0.15) is 0 Å². The molecule has 0 aromatic heterocycles. The van der Waals surface area contributed by atoms with Crippen molar-refractivity contribution in [3.8, 4) is 0 Å². The molecule has 27 heavy (non-hydrogen) atoms. The molecule has 1 aliphatic heterocycles. The minimum absolute atomic E-state index is 0.0188. The minimum Gasteiger partial charge on any atom is -0.353 e. The zero-order valence-electron chi connectivity index (χ0n) is 15.9. The number of hydrogen-bond donors (Lipinski definition) is 2. The highest BCUT2D eigenvalue weighted by molar-refractivity contribution is 8.01. The molecule has 0 spiro atoms. The Kier molecular flexibility index (Phi) is 4.26. The lowest BCUT2D eigenvalue weighted by Gasteiger charge is -2.59. The largest absolute Gasteiger partial charge is 0.353 e. The number of nitrogens with one attached hydrogen (secondary N) is 2. The average Bonchev–Trinajstić information content (AvgIpc) is 2.61. The van der Waals surface area contributed by atoms with E-state index in [2.05, 4.69) is 17.6 Å². The zero-order valence-corrected chi connectivity index (χ0v) is 16.7. The second-order valence-electron chi connectivity index (χ2n) is 9.37. The molecule has 2 N–H and O–H groups in total. The van der Waals surface area contributed by atoms with Crippen LogP contribution in [-0.4, -0.2) is 23.1 Å². The summed E-state index contributed by atoms with van der Waals surface area (Å²) in [5.41, 5.74) is 1.16. The van der Waals surface area contributed by atoms with Crippen LogP contribution in [0.5, 0.6) is 0 Å². The first kappa shape index (κ1) is 17.6. The second kappa shape index (κ2) is 6.54. The molecule has 2 atom stereocenters. The lowest BCUT2D eigenvalue weighted by atomic mass is 9.48. The van der Waals surface area contributed by atoms with Gasteiger partial charge in [-0.3, -0.25) is 9.59 Å². The third kappa shape index (κ3) is 3.18. The van der Waals surface area contributed by atoms with Gasteiger partial charge in [0.05, 0.1) is 10.9 Å². The first-order valence-electron chi connectivity index (χ1n) is 10.4. The number of carbonyl (C=O) groups excluding carboxylic acids is 2. The first-order chi connectivity index (χ1) is 13.0. The number of fused-ring (bicyclic) bond motifs is 1. The average molecular weight is 385 g/mol. The Bertz CT molecular complexity index is 742. The molecule has 2 unspecified atom stereocenters. The van der Waals surface area contributed by atoms with Crippen molar-refractivity contribution in [1.82, 2.24) is 5.32 Å². The van der Waals surface area contributed by atoms with Crippen LogP contribution < -0.4 is 10.6 Å². The Morgan fingerprint density at radius 2 is 1.81 bits per heavy atom. The number of hydrogen-bond acceptors (Lipinski definition) is 3. The van der Waals surface area contributed by atoms with Crippen LogP contribution in [0, 0.1) is 23.2 Å². The summed E-state index contributed by atoms with van der Waals surface area (Å²) in [6, 6.07) is 8.01. The molecule has 5 aliphatic rings. The Morgan fingerprint density at radius 3 is 2.48 bits per heavy atom. The minimum atomic E-state index is -0.344. The van der Waals surface area contributed by atoms with Crippen LogP contribution in [0.4, 0.5) is 5.69 Å². The normalized spacial score (nSPS) is 37.4. The lowest BCUT2D eigenvalue weighted by molar-refractivity contribution is -0.127. The summed E-state index contributed by atoms with van der Waals surface area (Å²) in [4.78, 5) is 26.2. The number of benzene rings is 1. The van der Waals surface area contributed by atoms with Gasteiger partial charge < -0.3 is 10.6 Å². The molecule has 0 radical (unpaired) electrons. The summed E-state index contributed by atoms with van der Waals surface area (Å²) in [7, 11) is 0. The molecular formula is C22H28N2O2S. The lowest BCUT2D eigenvalue weighted by Crippen LogP contribution is -2.56. The Balaban J connectivity index is 1.23. The van der Waals surface area contributed by atoms with Crippen LogP contribution in [0.2, 0.25) is 0 Å². The van der Waals surface area contributed by atoms with Crippen molar-refractivity contribution in [3.63, 3.8) is 0 Å². The van der Waals surface area contributed by atoms with Crippen LogP contribution in [-0.2, 0) is 9.59 Å². The van der Waals surface area contributed by atoms with Crippen molar-refractivity contribution < 1.29 is 9.59 Å². The van der Waals surface area contributed by atoms with Gasteiger partial charge in [0.1, 0.15) is 0 Å². The highest BCUT2D eigenvalue weighted by Gasteiger charge is 2.53. The van der Waals surface area contributed by atoms with Gasteiger partial charge in [0.15, 0.2) is 0 Å². The summed E-state index contributed by atoms with van der Waals surface area (Å²) in [5.74, 6) is 2.60. The van der Waals surface area contributed by atoms with Gasteiger partial charge >= 0.3 is 0 Å². The van der Waals surface area contributed by atoms with Crippen molar-refractivity contribution in [2.75, 3.05) is 5.32 Å². The number of amides is 2. The molecule has 0 saturated heterocycles. The van der Waals surface area contributed by atoms with Gasteiger partial charge in [-0.15, -0.1) is 11.8 Å². The summed E-state index contributed by atoms with van der Waals surface area (Å²) in [6.45, 7) is 2.20. The Morgan fingerprint density at radius 1 is 1.19 bits per heavy atom. The quantitative estimate of drug-likeness (QED) is 0.817. The van der Waals surface area contributed by atoms with Crippen LogP contribution in [0.25, 0.3) is 0 Å². The fraction of sp³-hybridized carbons (Fsp3) is 0.636. The maximum absolute atomic E-state index is 12.8. The van der Waals surface area contributed by atoms with E-state index >= 15 is 0 Å². The Hall–Kier alpha value is -1.49. The first-order valence-corrected chi connectivity index (χ1v) is 11.2. The van der Waals surface area contributed by atoms with E-state index < -0.39 is 0 Å². The fourth-order valence-corrected chi connectivity index (χ4v) is 7.67. The van der Waals surface area contributed by atoms with E-state index in [-0.39, 0.29) is 29.5 Å². The zero-order chi connectivity index (χ0) is 18.6. The molecule has 144 valence electrons. The summed E-state index contributed by atoms with van der Waals surface area (Å²) in [6.07, 6.45) is 8.35. The fourth-order valence-electron chi connectivity index (χ4n) is 6.56. The molecule has 4 bridgehead atoms. The highest BCUT2D eigenvalue weighted by Crippen LogP contribution is 2.61. The van der Waals surface area contributed by atoms with E-state index in [4.69, 9.17) is 0 Å². The van der Waals surface area contributed by atoms with Gasteiger partial charge in [0, 0.05) is 17.4 Å². The monoisotopic (exact) mass is 384 g/mol. The third-order valence-electron chi connectivity index (χ3n) is 7.46. The van der Waals surface area contributed by atoms with Gasteiger partial charge in [0.25, 0.3) is 0 Å². The van der Waals surface area contributed by atoms with E-state index in [9.17, 15) is 9.59 Å². The molecule has 5 heteroatoms. The maximum Gasteiger partial charge on any atom is 0.238 e. The van der Waals surface area contributed by atoms with Gasteiger partial charge in [-0.1, -0.05) is 12.1 Å². The molecule has 2 amide bonds. The van der Waals surface area contributed by atoms with Crippen molar-refractivity contribution in [2.24, 2.45) is 23.2 Å². The molecule has 6 rings (SSSR count). The molecule has 4 aliphatic carbocycles. The van der Waals surface area contributed by atoms with Gasteiger partial charge in [-0.25, -0.2) is 0 Å². The molecular weight excluding hydrogens is 356 g/mol. The predicted octanol–water partition coefficient (Wildman–Crippen LogP) is 4.21. The molecule has 4 saturated carbocycles. The van der Waals surface area contributed by atoms with E-state index in [1.54, 1.807) is 0 Å². The molecule has 1 heterocycles. The Labute approximate surface area is 165 Å². The standard InChI is InChI=1S/C22H28N2O2S/c1-13(22-10-14-6-15(11-22)8-16(7-14)12-22)23-20(25)9-19-21(26)24-17-4-2-3-5-18(17)27-19/h2-5,13-16,19H,6-12H2,1H3,(H,23,25)(H,24,26). The smallest absolute Gasteiger partial charge is 0.238 e. The van der Waals surface area contributed by atoms with E-state index in [1.165, 1.54) is 50.3 Å². The number of anilines is 1. The van der Waals surface area contributed by atoms with Gasteiger partial charge in [-0.05, 0) is 80.8 Å². The van der Waals surface area contributed by atoms with Crippen LogP contribution in [0.15, 0.2) is 29.2 Å². The van der Waals surface area contributed by atoms with Crippen molar-refractivity contribution in [2.45, 2.75) is 68.1 Å². The maximum atomic E-state index is 12.8.